The van der Waals surface area contributed by atoms with E-state index in [9.17, 15) is 13.2 Å². The Bertz CT molecular complexity index is 919. The maximum absolute atomic E-state index is 12.9. The van der Waals surface area contributed by atoms with Crippen molar-refractivity contribution in [3.63, 3.8) is 0 Å². The Hall–Kier alpha value is -2.38. The van der Waals surface area contributed by atoms with Gasteiger partial charge >= 0.3 is 0 Å². The minimum atomic E-state index is -3.79. The molecule has 0 unspecified atom stereocenters. The number of rotatable bonds is 7. The highest BCUT2D eigenvalue weighted by Gasteiger charge is 2.26. The van der Waals surface area contributed by atoms with Gasteiger partial charge < -0.3 is 10.1 Å². The van der Waals surface area contributed by atoms with E-state index in [0.717, 1.165) is 26.7 Å². The number of hydrogen-bond acceptors (Lipinski definition) is 4. The lowest BCUT2D eigenvalue weighted by atomic mass is 10.1. The summed E-state index contributed by atoms with van der Waals surface area (Å²) in [5, 5.41) is 2.83. The molecule has 27 heavy (non-hydrogen) atoms. The summed E-state index contributed by atoms with van der Waals surface area (Å²) in [5.74, 6) is 0.243. The van der Waals surface area contributed by atoms with Crippen molar-refractivity contribution in [2.45, 2.75) is 32.6 Å². The number of para-hydroxylation sites is 1. The summed E-state index contributed by atoms with van der Waals surface area (Å²) in [6, 6.07) is 10.4. The summed E-state index contributed by atoms with van der Waals surface area (Å²) in [4.78, 5) is 12.6. The van der Waals surface area contributed by atoms with Crippen molar-refractivity contribution < 1.29 is 17.9 Å². The first-order chi connectivity index (χ1) is 12.7. The number of methoxy groups -OCH3 is 1. The van der Waals surface area contributed by atoms with Crippen molar-refractivity contribution in [3.8, 4) is 5.75 Å². The highest BCUT2D eigenvalue weighted by atomic mass is 32.2. The van der Waals surface area contributed by atoms with Gasteiger partial charge in [0.25, 0.3) is 0 Å². The molecule has 0 bridgehead atoms. The van der Waals surface area contributed by atoms with Crippen molar-refractivity contribution in [1.29, 1.82) is 0 Å². The normalized spacial score (nSPS) is 11.5. The molecular weight excluding hydrogens is 364 g/mol. The molecule has 0 aliphatic carbocycles. The monoisotopic (exact) mass is 390 g/mol. The largest absolute Gasteiger partial charge is 0.496 e. The molecule has 0 radical (unpaired) electrons. The first-order valence-electron chi connectivity index (χ1n) is 8.71. The van der Waals surface area contributed by atoms with Crippen LogP contribution in [0.1, 0.15) is 23.6 Å². The van der Waals surface area contributed by atoms with E-state index >= 15 is 0 Å². The molecule has 0 saturated carbocycles. The second-order valence-corrected chi connectivity index (χ2v) is 8.32. The molecule has 0 saturated heterocycles. The zero-order valence-electron chi connectivity index (χ0n) is 16.4. The average Bonchev–Trinajstić information content (AvgIpc) is 2.62. The number of anilines is 1. The number of aryl methyl sites for hydroxylation is 3. The number of ether oxygens (including phenoxy) is 1. The van der Waals surface area contributed by atoms with Gasteiger partial charge in [-0.2, -0.15) is 4.31 Å². The van der Waals surface area contributed by atoms with Crippen LogP contribution in [0.25, 0.3) is 0 Å². The van der Waals surface area contributed by atoms with Crippen molar-refractivity contribution in [1.82, 2.24) is 4.31 Å². The fourth-order valence-electron chi connectivity index (χ4n) is 2.88. The highest BCUT2D eigenvalue weighted by molar-refractivity contribution is 7.89. The van der Waals surface area contributed by atoms with Gasteiger partial charge in [0.1, 0.15) is 5.75 Å². The number of amides is 1. The minimum absolute atomic E-state index is 0.141. The van der Waals surface area contributed by atoms with Gasteiger partial charge in [-0.1, -0.05) is 25.1 Å². The Morgan fingerprint density at radius 1 is 1.07 bits per heavy atom. The highest BCUT2D eigenvalue weighted by Crippen LogP contribution is 2.24. The summed E-state index contributed by atoms with van der Waals surface area (Å²) >= 11 is 0. The molecule has 0 aliphatic heterocycles. The van der Waals surface area contributed by atoms with Crippen molar-refractivity contribution in [2.24, 2.45) is 0 Å². The van der Waals surface area contributed by atoms with E-state index in [1.165, 1.54) is 13.2 Å². The van der Waals surface area contributed by atoms with E-state index in [1.807, 2.05) is 32.0 Å². The third kappa shape index (κ3) is 4.67. The fraction of sp³-hybridized carbons (Fsp3) is 0.350. The Kier molecular flexibility index (Phi) is 6.62. The van der Waals surface area contributed by atoms with Gasteiger partial charge in [0, 0.05) is 12.2 Å². The van der Waals surface area contributed by atoms with E-state index in [-0.39, 0.29) is 23.9 Å². The molecule has 2 rings (SSSR count). The molecule has 0 spiro atoms. The molecule has 0 atom stereocenters. The Labute approximate surface area is 161 Å². The van der Waals surface area contributed by atoms with Crippen molar-refractivity contribution in [2.75, 3.05) is 25.5 Å². The van der Waals surface area contributed by atoms with Gasteiger partial charge in [-0.3, -0.25) is 4.79 Å². The van der Waals surface area contributed by atoms with Crippen LogP contribution in [-0.2, 0) is 14.8 Å². The maximum atomic E-state index is 12.9. The van der Waals surface area contributed by atoms with E-state index in [1.54, 1.807) is 26.0 Å². The first kappa shape index (κ1) is 20.9. The molecule has 6 nitrogen and oxygen atoms in total. The predicted molar refractivity (Wildman–Crippen MR) is 107 cm³/mol. The topological polar surface area (TPSA) is 75.7 Å². The van der Waals surface area contributed by atoms with Gasteiger partial charge in [-0.15, -0.1) is 0 Å². The molecule has 1 N–H and O–H groups in total. The number of likely N-dealkylation sites (N-methyl/N-ethyl adjacent to an activating group) is 1. The zero-order chi connectivity index (χ0) is 20.2. The lowest BCUT2D eigenvalue weighted by molar-refractivity contribution is -0.116. The SMILES string of the molecule is CCN(CC(=O)Nc1c(C)cccc1C)S(=O)(=O)c1ccc(OC)c(C)c1. The molecule has 146 valence electrons. The van der Waals surface area contributed by atoms with Gasteiger partial charge in [-0.05, 0) is 55.7 Å². The van der Waals surface area contributed by atoms with Gasteiger partial charge in [0.05, 0.1) is 18.6 Å². The molecular formula is C20H26N2O4S. The van der Waals surface area contributed by atoms with Crippen LogP contribution in [0.4, 0.5) is 5.69 Å². The van der Waals surface area contributed by atoms with E-state index in [4.69, 9.17) is 4.74 Å². The summed E-state index contributed by atoms with van der Waals surface area (Å²) in [6.07, 6.45) is 0. The summed E-state index contributed by atoms with van der Waals surface area (Å²) < 4.78 is 32.2. The molecule has 0 fully saturated rings. The zero-order valence-corrected chi connectivity index (χ0v) is 17.2. The number of hydrogen-bond donors (Lipinski definition) is 1. The third-order valence-electron chi connectivity index (χ3n) is 4.42. The molecule has 0 heterocycles. The lowest BCUT2D eigenvalue weighted by Crippen LogP contribution is -2.38. The number of nitrogens with one attached hydrogen (secondary N) is 1. The first-order valence-corrected chi connectivity index (χ1v) is 10.2. The van der Waals surface area contributed by atoms with Crippen LogP contribution in [0.3, 0.4) is 0 Å². The standard InChI is InChI=1S/C20H26N2O4S/c1-6-22(13-19(23)21-20-14(2)8-7-9-15(20)3)27(24,25)17-10-11-18(26-5)16(4)12-17/h7-12H,6,13H2,1-5H3,(H,21,23). The molecule has 0 aromatic heterocycles. The third-order valence-corrected chi connectivity index (χ3v) is 6.34. The average molecular weight is 391 g/mol. The molecule has 2 aromatic rings. The van der Waals surface area contributed by atoms with Crippen molar-refractivity contribution >= 4 is 21.6 Å². The van der Waals surface area contributed by atoms with Crippen LogP contribution in [0.15, 0.2) is 41.3 Å². The predicted octanol–water partition coefficient (Wildman–Crippen LogP) is 3.27. The van der Waals surface area contributed by atoms with Crippen LogP contribution in [0.5, 0.6) is 5.75 Å². The summed E-state index contributed by atoms with van der Waals surface area (Å²) in [6.45, 7) is 7.22. The van der Waals surface area contributed by atoms with Crippen LogP contribution >= 0.6 is 0 Å². The Morgan fingerprint density at radius 2 is 1.70 bits per heavy atom. The molecule has 0 aliphatic rings. The van der Waals surface area contributed by atoms with E-state index in [2.05, 4.69) is 5.32 Å². The van der Waals surface area contributed by atoms with Crippen LogP contribution < -0.4 is 10.1 Å². The number of nitrogens with zero attached hydrogens (tertiary/aromatic N) is 1. The van der Waals surface area contributed by atoms with Crippen LogP contribution in [-0.4, -0.2) is 38.8 Å². The summed E-state index contributed by atoms with van der Waals surface area (Å²) in [7, 11) is -2.25. The van der Waals surface area contributed by atoms with Crippen LogP contribution in [0.2, 0.25) is 0 Å². The quantitative estimate of drug-likeness (QED) is 0.787. The lowest BCUT2D eigenvalue weighted by Gasteiger charge is -2.21. The second-order valence-electron chi connectivity index (χ2n) is 6.38. The molecule has 1 amide bonds. The van der Waals surface area contributed by atoms with Gasteiger partial charge in [0.2, 0.25) is 15.9 Å². The fourth-order valence-corrected chi connectivity index (χ4v) is 4.37. The van der Waals surface area contributed by atoms with Gasteiger partial charge in [0.15, 0.2) is 0 Å². The number of carbonyl (C=O) groups is 1. The molecule has 2 aromatic carbocycles. The van der Waals surface area contributed by atoms with E-state index in [0.29, 0.717) is 5.75 Å². The number of carbonyl (C=O) groups excluding carboxylic acids is 1. The number of benzene rings is 2. The maximum Gasteiger partial charge on any atom is 0.243 e. The smallest absolute Gasteiger partial charge is 0.243 e. The Morgan fingerprint density at radius 3 is 2.22 bits per heavy atom. The van der Waals surface area contributed by atoms with Crippen molar-refractivity contribution in [3.05, 3.63) is 53.1 Å². The Balaban J connectivity index is 2.22. The number of sulfonamides is 1. The second kappa shape index (κ2) is 8.54. The van der Waals surface area contributed by atoms with Crippen LogP contribution in [0, 0.1) is 20.8 Å². The molecule has 7 heteroatoms. The summed E-state index contributed by atoms with van der Waals surface area (Å²) in [5.41, 5.74) is 3.30. The van der Waals surface area contributed by atoms with E-state index < -0.39 is 10.0 Å². The van der Waals surface area contributed by atoms with Gasteiger partial charge in [-0.25, -0.2) is 8.42 Å². The minimum Gasteiger partial charge on any atom is -0.496 e.